The first-order valence-electron chi connectivity index (χ1n) is 21.6. The zero-order valence-corrected chi connectivity index (χ0v) is 36.6. The molecule has 0 spiro atoms. The molecule has 0 aliphatic carbocycles. The topological polar surface area (TPSA) is 167 Å². The van der Waals surface area contributed by atoms with Crippen molar-refractivity contribution in [1.82, 2.24) is 19.5 Å². The summed E-state index contributed by atoms with van der Waals surface area (Å²) < 4.78 is 44.3. The fourth-order valence-corrected chi connectivity index (χ4v) is 8.57. The van der Waals surface area contributed by atoms with Crippen LogP contribution in [0.4, 0.5) is 15.0 Å². The van der Waals surface area contributed by atoms with Gasteiger partial charge >= 0.3 is 12.1 Å². The van der Waals surface area contributed by atoms with Gasteiger partial charge in [0.1, 0.15) is 29.9 Å². The molecule has 0 radical (unpaired) electrons. The second kappa shape index (κ2) is 20.1. The molecule has 14 heteroatoms. The smallest absolute Gasteiger partial charge is 0.413 e. The van der Waals surface area contributed by atoms with Gasteiger partial charge in [0.2, 0.25) is 5.85 Å². The van der Waals surface area contributed by atoms with Gasteiger partial charge in [0.05, 0.1) is 25.3 Å². The lowest BCUT2D eigenvalue weighted by atomic mass is 9.73. The highest BCUT2D eigenvalue weighted by molar-refractivity contribution is 5.93. The standard InChI is InChI=1S/C49H58FN5O8/c1-7-9-10-11-12-13-14-21-26-38(43(56)57)40-47(59,8-2)44(55-33-53-39-41(51-32-52-42(39)55)54-45(58)63-46(3,4)5)62-48(40,50)31-61-49(34-22-17-15-18-23-34,35-24-19-16-20-25-35)36-27-29-37(60-6)30-28-36/h2,15-20,22-25,27-30,32-33,38,40,44,59H,7,9-14,21,26,31H2,1,3-6H3,(H,56,57)(H,51,52,54,58)/t38-,40?,44?,47?,48?/m0/s1. The number of hydrogen-bond donors (Lipinski definition) is 3. The van der Waals surface area contributed by atoms with Gasteiger partial charge < -0.3 is 29.2 Å². The number of benzene rings is 3. The van der Waals surface area contributed by atoms with Gasteiger partial charge in [-0.25, -0.2) is 24.1 Å². The third-order valence-corrected chi connectivity index (χ3v) is 11.5. The molecule has 0 saturated carbocycles. The molecular formula is C49H58FN5O8. The monoisotopic (exact) mass is 863 g/mol. The first-order valence-corrected chi connectivity index (χ1v) is 21.6. The summed E-state index contributed by atoms with van der Waals surface area (Å²) in [6, 6.07) is 25.7. The van der Waals surface area contributed by atoms with Gasteiger partial charge in [0, 0.05) is 0 Å². The number of anilines is 1. The quantitative estimate of drug-likeness (QED) is 0.0387. The number of aromatic nitrogens is 4. The van der Waals surface area contributed by atoms with Crippen LogP contribution in [0, 0.1) is 24.2 Å². The molecule has 1 fully saturated rings. The summed E-state index contributed by atoms with van der Waals surface area (Å²) in [5, 5.41) is 26.3. The number of rotatable bonds is 20. The molecule has 3 N–H and O–H groups in total. The van der Waals surface area contributed by atoms with E-state index >= 15 is 4.39 Å². The number of carboxylic acid groups (broad SMARTS) is 1. The van der Waals surface area contributed by atoms with E-state index in [2.05, 4.69) is 33.1 Å². The van der Waals surface area contributed by atoms with Crippen LogP contribution in [0.25, 0.3) is 11.2 Å². The van der Waals surface area contributed by atoms with E-state index in [9.17, 15) is 19.8 Å². The van der Waals surface area contributed by atoms with Crippen LogP contribution in [0.1, 0.15) is 108 Å². The second-order valence-electron chi connectivity index (χ2n) is 17.0. The number of amides is 1. The van der Waals surface area contributed by atoms with Crippen LogP contribution >= 0.6 is 0 Å². The average molecular weight is 864 g/mol. The van der Waals surface area contributed by atoms with Crippen molar-refractivity contribution in [2.45, 2.75) is 114 Å². The Labute approximate surface area is 368 Å². The predicted molar refractivity (Wildman–Crippen MR) is 236 cm³/mol. The van der Waals surface area contributed by atoms with Crippen molar-refractivity contribution >= 4 is 29.0 Å². The van der Waals surface area contributed by atoms with E-state index in [-0.39, 0.29) is 23.4 Å². The van der Waals surface area contributed by atoms with E-state index in [1.54, 1.807) is 40.0 Å². The number of carboxylic acids is 1. The molecule has 5 aromatic rings. The van der Waals surface area contributed by atoms with Gasteiger partial charge in [-0.15, -0.1) is 6.42 Å². The maximum absolute atomic E-state index is 18.8. The molecule has 3 heterocycles. The van der Waals surface area contributed by atoms with Crippen LogP contribution in [0.3, 0.4) is 0 Å². The van der Waals surface area contributed by atoms with Crippen LogP contribution in [0.2, 0.25) is 0 Å². The molecule has 1 amide bonds. The summed E-state index contributed by atoms with van der Waals surface area (Å²) in [4.78, 5) is 39.2. The maximum Gasteiger partial charge on any atom is 0.413 e. The van der Waals surface area contributed by atoms with Crippen LogP contribution in [-0.4, -0.2) is 72.6 Å². The van der Waals surface area contributed by atoms with Gasteiger partial charge in [0.15, 0.2) is 28.8 Å². The van der Waals surface area contributed by atoms with Gasteiger partial charge in [-0.3, -0.25) is 14.7 Å². The van der Waals surface area contributed by atoms with E-state index in [4.69, 9.17) is 25.4 Å². The van der Waals surface area contributed by atoms with E-state index < -0.39 is 59.4 Å². The number of alkyl halides is 1. The lowest BCUT2D eigenvalue weighted by molar-refractivity contribution is -0.224. The fourth-order valence-electron chi connectivity index (χ4n) is 8.57. The molecule has 1 aliphatic heterocycles. The third-order valence-electron chi connectivity index (χ3n) is 11.5. The highest BCUT2D eigenvalue weighted by Gasteiger charge is 2.69. The molecule has 4 unspecified atom stereocenters. The molecule has 334 valence electrons. The molecule has 0 bridgehead atoms. The number of unbranched alkanes of at least 4 members (excludes halogenated alkanes) is 7. The van der Waals surface area contributed by atoms with Gasteiger partial charge in [-0.2, -0.15) is 0 Å². The van der Waals surface area contributed by atoms with Crippen molar-refractivity contribution in [3.63, 3.8) is 0 Å². The Hall–Kier alpha value is -5.88. The van der Waals surface area contributed by atoms with Gasteiger partial charge in [0.25, 0.3) is 0 Å². The fraction of sp³-hybridized carbons (Fsp3) is 0.449. The Morgan fingerprint density at radius 2 is 1.49 bits per heavy atom. The summed E-state index contributed by atoms with van der Waals surface area (Å²) in [6.45, 7) is 6.39. The molecule has 2 aromatic heterocycles. The predicted octanol–water partition coefficient (Wildman–Crippen LogP) is 9.60. The summed E-state index contributed by atoms with van der Waals surface area (Å²) >= 11 is 0. The summed E-state index contributed by atoms with van der Waals surface area (Å²) in [5.74, 6) is -4.87. The zero-order chi connectivity index (χ0) is 45.3. The average Bonchev–Trinajstić information content (AvgIpc) is 3.80. The minimum Gasteiger partial charge on any atom is -0.497 e. The first-order chi connectivity index (χ1) is 30.2. The highest BCUT2D eigenvalue weighted by Crippen LogP contribution is 2.55. The van der Waals surface area contributed by atoms with Crippen molar-refractivity contribution in [2.75, 3.05) is 19.0 Å². The van der Waals surface area contributed by atoms with E-state index in [1.807, 2.05) is 72.8 Å². The van der Waals surface area contributed by atoms with Crippen molar-refractivity contribution < 1.29 is 43.1 Å². The Kier molecular flexibility index (Phi) is 14.9. The number of aliphatic carboxylic acids is 1. The van der Waals surface area contributed by atoms with E-state index in [0.29, 0.717) is 35.3 Å². The minimum atomic E-state index is -3.04. The third kappa shape index (κ3) is 10.2. The lowest BCUT2D eigenvalue weighted by Crippen LogP contribution is -2.52. The molecule has 1 saturated heterocycles. The number of terminal acetylenes is 1. The van der Waals surface area contributed by atoms with Crippen molar-refractivity contribution in [2.24, 2.45) is 11.8 Å². The number of aliphatic hydroxyl groups is 1. The Morgan fingerprint density at radius 1 is 0.905 bits per heavy atom. The Morgan fingerprint density at radius 3 is 2.05 bits per heavy atom. The largest absolute Gasteiger partial charge is 0.497 e. The van der Waals surface area contributed by atoms with Crippen LogP contribution < -0.4 is 10.1 Å². The van der Waals surface area contributed by atoms with Gasteiger partial charge in [-0.05, 0) is 56.0 Å². The zero-order valence-electron chi connectivity index (χ0n) is 36.6. The molecule has 3 aromatic carbocycles. The lowest BCUT2D eigenvalue weighted by Gasteiger charge is -2.40. The van der Waals surface area contributed by atoms with Crippen molar-refractivity contribution in [1.29, 1.82) is 0 Å². The Bertz CT molecular complexity index is 2290. The SMILES string of the molecule is C#CC1(O)C(n2cnc3c(NC(=O)OC(C)(C)C)ncnc32)OC(F)(COC(c2ccccc2)(c2ccccc2)c2ccc(OC)cc2)C1[C@H](CCCCCCCCCC)C(=O)O. The molecule has 13 nitrogen and oxygen atoms in total. The molecule has 6 rings (SSSR count). The van der Waals surface area contributed by atoms with Crippen molar-refractivity contribution in [3.8, 4) is 18.1 Å². The minimum absolute atomic E-state index is 0.00149. The maximum atomic E-state index is 18.8. The molecule has 63 heavy (non-hydrogen) atoms. The number of nitrogens with zero attached hydrogens (tertiary/aromatic N) is 4. The summed E-state index contributed by atoms with van der Waals surface area (Å²) in [7, 11) is 1.56. The van der Waals surface area contributed by atoms with Crippen molar-refractivity contribution in [3.05, 3.63) is 114 Å². The number of hydrogen-bond acceptors (Lipinski definition) is 10. The number of ether oxygens (including phenoxy) is 4. The molecule has 1 aliphatic rings. The van der Waals surface area contributed by atoms with Crippen LogP contribution in [-0.2, 0) is 24.6 Å². The van der Waals surface area contributed by atoms with Gasteiger partial charge in [-0.1, -0.05) is 137 Å². The number of fused-ring (bicyclic) bond motifs is 1. The number of carbonyl (C=O) groups excluding carboxylic acids is 1. The summed E-state index contributed by atoms with van der Waals surface area (Å²) in [5.41, 5.74) is -2.98. The number of methoxy groups -OCH3 is 1. The normalized spacial score (nSPS) is 20.5. The second-order valence-corrected chi connectivity index (χ2v) is 17.0. The summed E-state index contributed by atoms with van der Waals surface area (Å²) in [6.07, 6.45) is 13.5. The molecular weight excluding hydrogens is 806 g/mol. The first kappa shape index (κ1) is 46.6. The number of imidazole rings is 1. The molecule has 5 atom stereocenters. The number of halogens is 1. The van der Waals surface area contributed by atoms with Crippen LogP contribution in [0.5, 0.6) is 5.75 Å². The van der Waals surface area contributed by atoms with E-state index in [1.165, 1.54) is 10.9 Å². The highest BCUT2D eigenvalue weighted by atomic mass is 19.2. The number of nitrogens with one attached hydrogen (secondary N) is 1. The van der Waals surface area contributed by atoms with E-state index in [0.717, 1.165) is 44.9 Å². The number of carbonyl (C=O) groups is 2. The van der Waals surface area contributed by atoms with Crippen LogP contribution in [0.15, 0.2) is 97.6 Å². The Balaban J connectivity index is 1.45.